The lowest BCUT2D eigenvalue weighted by Crippen LogP contribution is -2.17. The van der Waals surface area contributed by atoms with Gasteiger partial charge < -0.3 is 10.1 Å². The van der Waals surface area contributed by atoms with Crippen LogP contribution in [0.4, 0.5) is 11.4 Å². The van der Waals surface area contributed by atoms with Crippen LogP contribution in [-0.4, -0.2) is 13.9 Å². The number of anilines is 2. The van der Waals surface area contributed by atoms with Gasteiger partial charge in [0.2, 0.25) is 0 Å². The molecule has 0 aromatic heterocycles. The Labute approximate surface area is 141 Å². The van der Waals surface area contributed by atoms with Crippen molar-refractivity contribution in [3.63, 3.8) is 0 Å². The largest absolute Gasteiger partial charge is 0.430 e. The summed E-state index contributed by atoms with van der Waals surface area (Å²) >= 11 is 9.11. The monoisotopic (exact) mass is 356 g/mol. The van der Waals surface area contributed by atoms with E-state index in [4.69, 9.17) is 33.1 Å². The van der Waals surface area contributed by atoms with E-state index in [0.29, 0.717) is 17.0 Å². The Bertz CT molecular complexity index is 687. The first-order valence-electron chi connectivity index (χ1n) is 6.17. The van der Waals surface area contributed by atoms with E-state index >= 15 is 0 Å². The molecule has 3 N–H and O–H groups in total. The molecule has 2 aromatic carbocycles. The number of para-hydroxylation sites is 1. The van der Waals surface area contributed by atoms with Gasteiger partial charge in [-0.3, -0.25) is 9.27 Å². The van der Waals surface area contributed by atoms with Gasteiger partial charge in [-0.25, -0.2) is 4.21 Å². The fourth-order valence-corrected chi connectivity index (χ4v) is 2.60. The summed E-state index contributed by atoms with van der Waals surface area (Å²) in [6.45, 7) is 1.76. The Hall–Kier alpha value is -1.67. The number of nitrogens with one attached hydrogen (secondary N) is 2. The third kappa shape index (κ3) is 4.67. The minimum atomic E-state index is -2.16. The molecule has 0 aliphatic heterocycles. The second-order valence-electron chi connectivity index (χ2n) is 4.34. The number of halogens is 1. The highest BCUT2D eigenvalue weighted by Crippen LogP contribution is 2.32. The number of hydrogen-bond donors (Lipinski definition) is 3. The van der Waals surface area contributed by atoms with Crippen LogP contribution in [0, 0.1) is 6.92 Å². The van der Waals surface area contributed by atoms with Crippen LogP contribution in [0.15, 0.2) is 42.5 Å². The van der Waals surface area contributed by atoms with Crippen molar-refractivity contribution in [1.82, 2.24) is 0 Å². The lowest BCUT2D eigenvalue weighted by atomic mass is 10.2. The van der Waals surface area contributed by atoms with Crippen molar-refractivity contribution in [1.29, 1.82) is 0 Å². The second-order valence-corrected chi connectivity index (χ2v) is 5.82. The van der Waals surface area contributed by atoms with E-state index in [0.717, 1.165) is 5.69 Å². The van der Waals surface area contributed by atoms with Gasteiger partial charge in [-0.1, -0.05) is 29.8 Å². The van der Waals surface area contributed by atoms with Crippen LogP contribution in [0.1, 0.15) is 5.56 Å². The average molecular weight is 357 g/mol. The Morgan fingerprint density at radius 3 is 2.55 bits per heavy atom. The molecule has 22 heavy (non-hydrogen) atoms. The fraction of sp³-hybridized carbons (Fsp3) is 0.0714. The number of benzene rings is 2. The first-order chi connectivity index (χ1) is 10.5. The van der Waals surface area contributed by atoms with Gasteiger partial charge in [-0.05, 0) is 49.0 Å². The summed E-state index contributed by atoms with van der Waals surface area (Å²) in [5.41, 5.74) is 1.89. The Morgan fingerprint density at radius 1 is 1.27 bits per heavy atom. The van der Waals surface area contributed by atoms with Crippen molar-refractivity contribution in [2.24, 2.45) is 0 Å². The highest BCUT2D eigenvalue weighted by Gasteiger charge is 2.11. The lowest BCUT2D eigenvalue weighted by molar-refractivity contribution is 0.558. The topological polar surface area (TPSA) is 70.6 Å². The Balaban J connectivity index is 2.12. The van der Waals surface area contributed by atoms with Gasteiger partial charge in [-0.15, -0.1) is 0 Å². The molecular formula is C14H13ClN2O3S2. The quantitative estimate of drug-likeness (QED) is 0.571. The van der Waals surface area contributed by atoms with Gasteiger partial charge in [0.05, 0.1) is 10.7 Å². The van der Waals surface area contributed by atoms with Crippen molar-refractivity contribution in [2.45, 2.75) is 6.92 Å². The maximum atomic E-state index is 10.8. The number of hydrogen-bond acceptors (Lipinski definition) is 3. The van der Waals surface area contributed by atoms with Crippen LogP contribution in [0.3, 0.4) is 0 Å². The van der Waals surface area contributed by atoms with Crippen LogP contribution in [0.5, 0.6) is 5.75 Å². The average Bonchev–Trinajstić information content (AvgIpc) is 2.43. The maximum absolute atomic E-state index is 10.8. The maximum Gasteiger partial charge on any atom is 0.266 e. The third-order valence-electron chi connectivity index (χ3n) is 2.65. The van der Waals surface area contributed by atoms with E-state index in [9.17, 15) is 4.21 Å². The number of aryl methyl sites for hydroxylation is 1. The molecule has 0 bridgehead atoms. The van der Waals surface area contributed by atoms with Gasteiger partial charge >= 0.3 is 0 Å². The zero-order valence-corrected chi connectivity index (χ0v) is 13.9. The first-order valence-corrected chi connectivity index (χ1v) is 8.06. The molecule has 0 saturated heterocycles. The van der Waals surface area contributed by atoms with Gasteiger partial charge in [0, 0.05) is 5.69 Å². The van der Waals surface area contributed by atoms with Crippen LogP contribution >= 0.6 is 23.8 Å². The Kier molecular flexibility index (Phi) is 5.73. The molecule has 0 spiro atoms. The number of thiocarbonyl (C=S) groups is 1. The summed E-state index contributed by atoms with van der Waals surface area (Å²) in [5.74, 6) is 0.393. The van der Waals surface area contributed by atoms with E-state index < -0.39 is 11.3 Å². The van der Waals surface area contributed by atoms with E-state index in [-0.39, 0.29) is 10.2 Å². The Morgan fingerprint density at radius 2 is 1.95 bits per heavy atom. The first kappa shape index (κ1) is 16.7. The summed E-state index contributed by atoms with van der Waals surface area (Å²) in [5, 5.41) is 3.38. The van der Waals surface area contributed by atoms with Crippen LogP contribution in [0.2, 0.25) is 5.02 Å². The summed E-state index contributed by atoms with van der Waals surface area (Å²) in [6, 6.07) is 12.5. The third-order valence-corrected chi connectivity index (χ3v) is 3.53. The van der Waals surface area contributed by atoms with Gasteiger partial charge in [0.1, 0.15) is 0 Å². The predicted octanol–water partition coefficient (Wildman–Crippen LogP) is 3.97. The molecule has 0 heterocycles. The molecular weight excluding hydrogens is 344 g/mol. The SMILES string of the molecule is Cc1cc(NS(=O)O)cc(Cl)c1OC(=S)Nc1ccccc1. The number of ether oxygens (including phenoxy) is 1. The van der Waals surface area contributed by atoms with Crippen molar-refractivity contribution >= 4 is 51.6 Å². The fourth-order valence-electron chi connectivity index (χ4n) is 1.78. The predicted molar refractivity (Wildman–Crippen MR) is 93.9 cm³/mol. The van der Waals surface area contributed by atoms with Crippen molar-refractivity contribution in [3.8, 4) is 5.75 Å². The second kappa shape index (κ2) is 7.55. The molecule has 0 aliphatic carbocycles. The number of rotatable bonds is 4. The highest BCUT2D eigenvalue weighted by atomic mass is 35.5. The molecule has 2 aromatic rings. The minimum absolute atomic E-state index is 0.155. The van der Waals surface area contributed by atoms with Crippen molar-refractivity contribution < 1.29 is 13.5 Å². The molecule has 0 amide bonds. The molecule has 0 aliphatic rings. The van der Waals surface area contributed by atoms with E-state index in [1.54, 1.807) is 13.0 Å². The molecule has 1 unspecified atom stereocenters. The lowest BCUT2D eigenvalue weighted by Gasteiger charge is -2.14. The summed E-state index contributed by atoms with van der Waals surface area (Å²) < 4.78 is 27.5. The molecule has 5 nitrogen and oxygen atoms in total. The van der Waals surface area contributed by atoms with Crippen LogP contribution in [0.25, 0.3) is 0 Å². The molecule has 0 fully saturated rings. The van der Waals surface area contributed by atoms with E-state index in [2.05, 4.69) is 10.0 Å². The molecule has 116 valence electrons. The van der Waals surface area contributed by atoms with Crippen molar-refractivity contribution in [3.05, 3.63) is 53.1 Å². The zero-order chi connectivity index (χ0) is 16.1. The minimum Gasteiger partial charge on any atom is -0.430 e. The zero-order valence-electron chi connectivity index (χ0n) is 11.5. The van der Waals surface area contributed by atoms with Crippen molar-refractivity contribution in [2.75, 3.05) is 10.0 Å². The molecule has 8 heteroatoms. The highest BCUT2D eigenvalue weighted by molar-refractivity contribution is 7.80. The molecule has 0 saturated carbocycles. The smallest absolute Gasteiger partial charge is 0.266 e. The normalized spacial score (nSPS) is 11.6. The van der Waals surface area contributed by atoms with Crippen LogP contribution < -0.4 is 14.8 Å². The summed E-state index contributed by atoms with van der Waals surface area (Å²) in [7, 11) is 0. The van der Waals surface area contributed by atoms with Gasteiger partial charge in [0.25, 0.3) is 16.4 Å². The van der Waals surface area contributed by atoms with Gasteiger partial charge in [-0.2, -0.15) is 0 Å². The van der Waals surface area contributed by atoms with Crippen LogP contribution in [-0.2, 0) is 11.3 Å². The molecule has 1 atom stereocenters. The van der Waals surface area contributed by atoms with E-state index in [1.165, 1.54) is 6.07 Å². The summed E-state index contributed by atoms with van der Waals surface area (Å²) in [4.78, 5) is 0. The molecule has 0 radical (unpaired) electrons. The summed E-state index contributed by atoms with van der Waals surface area (Å²) in [6.07, 6.45) is 0. The van der Waals surface area contributed by atoms with Gasteiger partial charge in [0.15, 0.2) is 5.75 Å². The molecule has 2 rings (SSSR count). The standard InChI is InChI=1S/C14H13ClN2O3S2/c1-9-7-11(17-22(18)19)8-12(15)13(9)20-14(21)16-10-5-3-2-4-6-10/h2-8,17H,1H3,(H,16,21)(H,18,19). The van der Waals surface area contributed by atoms with E-state index in [1.807, 2.05) is 30.3 Å².